The first-order valence-electron chi connectivity index (χ1n) is 7.32. The molecular weight excluding hydrogens is 274 g/mol. The second-order valence-electron chi connectivity index (χ2n) is 5.29. The van der Waals surface area contributed by atoms with Gasteiger partial charge in [-0.3, -0.25) is 4.98 Å². The van der Waals surface area contributed by atoms with E-state index >= 15 is 0 Å². The number of anilines is 1. The summed E-state index contributed by atoms with van der Waals surface area (Å²) in [4.78, 5) is 18.5. The minimum atomic E-state index is -0.0894. The highest BCUT2D eigenvalue weighted by atomic mass is 16.2. The van der Waals surface area contributed by atoms with Crippen LogP contribution < -0.4 is 5.32 Å². The summed E-state index contributed by atoms with van der Waals surface area (Å²) in [6, 6.07) is 11.3. The van der Waals surface area contributed by atoms with Crippen LogP contribution in [-0.4, -0.2) is 22.5 Å². The molecule has 4 heteroatoms. The Hall–Kier alpha value is -2.80. The summed E-state index contributed by atoms with van der Waals surface area (Å²) in [6.07, 6.45) is 10.9. The molecule has 22 heavy (non-hydrogen) atoms. The summed E-state index contributed by atoms with van der Waals surface area (Å²) in [5.41, 5.74) is 2.60. The average molecular weight is 291 g/mol. The van der Waals surface area contributed by atoms with Gasteiger partial charge >= 0.3 is 6.03 Å². The molecule has 1 aromatic heterocycles. The number of terminal acetylenes is 1. The number of benzene rings is 1. The zero-order valence-corrected chi connectivity index (χ0v) is 12.2. The summed E-state index contributed by atoms with van der Waals surface area (Å²) in [7, 11) is 0. The molecular formula is C18H17N3O. The van der Waals surface area contributed by atoms with Gasteiger partial charge in [0.05, 0.1) is 6.04 Å². The third kappa shape index (κ3) is 2.94. The molecule has 110 valence electrons. The van der Waals surface area contributed by atoms with Gasteiger partial charge in [-0.05, 0) is 48.7 Å². The number of carbonyl (C=O) groups is 1. The number of rotatable bonds is 2. The average Bonchev–Trinajstić information content (AvgIpc) is 3.05. The summed E-state index contributed by atoms with van der Waals surface area (Å²) < 4.78 is 0. The molecule has 1 aliphatic rings. The van der Waals surface area contributed by atoms with E-state index in [1.165, 1.54) is 0 Å². The molecule has 3 rings (SSSR count). The van der Waals surface area contributed by atoms with E-state index in [2.05, 4.69) is 16.2 Å². The second-order valence-corrected chi connectivity index (χ2v) is 5.29. The van der Waals surface area contributed by atoms with Crippen LogP contribution in [0.3, 0.4) is 0 Å². The molecule has 1 unspecified atom stereocenters. The summed E-state index contributed by atoms with van der Waals surface area (Å²) in [5.74, 6) is 2.57. The van der Waals surface area contributed by atoms with E-state index in [0.29, 0.717) is 0 Å². The van der Waals surface area contributed by atoms with Crippen molar-refractivity contribution in [1.82, 2.24) is 9.88 Å². The van der Waals surface area contributed by atoms with Gasteiger partial charge in [0.1, 0.15) is 0 Å². The van der Waals surface area contributed by atoms with Gasteiger partial charge in [-0.2, -0.15) is 0 Å². The van der Waals surface area contributed by atoms with Crippen molar-refractivity contribution in [1.29, 1.82) is 0 Å². The number of nitrogens with zero attached hydrogens (tertiary/aromatic N) is 2. The van der Waals surface area contributed by atoms with Crippen molar-refractivity contribution in [2.24, 2.45) is 0 Å². The van der Waals surface area contributed by atoms with Crippen LogP contribution >= 0.6 is 0 Å². The number of urea groups is 1. The quantitative estimate of drug-likeness (QED) is 0.862. The molecule has 4 nitrogen and oxygen atoms in total. The van der Waals surface area contributed by atoms with E-state index < -0.39 is 0 Å². The van der Waals surface area contributed by atoms with Crippen molar-refractivity contribution in [3.63, 3.8) is 0 Å². The maximum absolute atomic E-state index is 12.5. The minimum Gasteiger partial charge on any atom is -0.317 e. The van der Waals surface area contributed by atoms with Gasteiger partial charge < -0.3 is 10.2 Å². The van der Waals surface area contributed by atoms with Crippen LogP contribution in [0.15, 0.2) is 48.8 Å². The fraction of sp³-hybridized carbons (Fsp3) is 0.222. The first-order valence-corrected chi connectivity index (χ1v) is 7.32. The normalized spacial score (nSPS) is 17.0. The Morgan fingerprint density at radius 3 is 2.91 bits per heavy atom. The van der Waals surface area contributed by atoms with Crippen molar-refractivity contribution in [3.8, 4) is 12.3 Å². The lowest BCUT2D eigenvalue weighted by atomic mass is 10.1. The van der Waals surface area contributed by atoms with Gasteiger partial charge in [0.25, 0.3) is 0 Å². The SMILES string of the molecule is C#Cc1cccc(NC(=O)N2CCCC2c2ccncc2)c1. The fourth-order valence-electron chi connectivity index (χ4n) is 2.82. The zero-order chi connectivity index (χ0) is 15.4. The van der Waals surface area contributed by atoms with Gasteiger partial charge in [-0.25, -0.2) is 4.79 Å². The molecule has 1 aliphatic heterocycles. The Kier molecular flexibility index (Phi) is 4.06. The van der Waals surface area contributed by atoms with Crippen molar-refractivity contribution in [2.45, 2.75) is 18.9 Å². The van der Waals surface area contributed by atoms with E-state index in [-0.39, 0.29) is 12.1 Å². The number of hydrogen-bond acceptors (Lipinski definition) is 2. The molecule has 1 saturated heterocycles. The number of likely N-dealkylation sites (tertiary alicyclic amines) is 1. The van der Waals surface area contributed by atoms with Crippen LogP contribution in [0, 0.1) is 12.3 Å². The standard InChI is InChI=1S/C18H17N3O/c1-2-14-5-3-6-16(13-14)20-18(22)21-12-4-7-17(21)15-8-10-19-11-9-15/h1,3,5-6,8-11,13,17H,4,7,12H2,(H,20,22). The molecule has 0 aliphatic carbocycles. The predicted octanol–water partition coefficient (Wildman–Crippen LogP) is 3.43. The number of aromatic nitrogens is 1. The van der Waals surface area contributed by atoms with E-state index in [9.17, 15) is 4.79 Å². The number of hydrogen-bond donors (Lipinski definition) is 1. The lowest BCUT2D eigenvalue weighted by Gasteiger charge is -2.25. The maximum Gasteiger partial charge on any atom is 0.322 e. The lowest BCUT2D eigenvalue weighted by molar-refractivity contribution is 0.207. The lowest BCUT2D eigenvalue weighted by Crippen LogP contribution is -2.34. The molecule has 0 bridgehead atoms. The molecule has 0 saturated carbocycles. The van der Waals surface area contributed by atoms with Crippen LogP contribution in [-0.2, 0) is 0 Å². The highest BCUT2D eigenvalue weighted by Crippen LogP contribution is 2.32. The highest BCUT2D eigenvalue weighted by Gasteiger charge is 2.29. The van der Waals surface area contributed by atoms with Crippen molar-refractivity contribution in [2.75, 3.05) is 11.9 Å². The third-order valence-electron chi connectivity index (χ3n) is 3.89. The Balaban J connectivity index is 1.75. The molecule has 2 aromatic rings. The van der Waals surface area contributed by atoms with E-state index in [1.807, 2.05) is 35.2 Å². The zero-order valence-electron chi connectivity index (χ0n) is 12.2. The van der Waals surface area contributed by atoms with E-state index in [4.69, 9.17) is 6.42 Å². The van der Waals surface area contributed by atoms with Crippen LogP contribution in [0.2, 0.25) is 0 Å². The van der Waals surface area contributed by atoms with Gasteiger partial charge in [0.2, 0.25) is 0 Å². The molecule has 1 fully saturated rings. The summed E-state index contributed by atoms with van der Waals surface area (Å²) in [5, 5.41) is 2.93. The Morgan fingerprint density at radius 2 is 2.14 bits per heavy atom. The van der Waals surface area contributed by atoms with Crippen molar-refractivity contribution < 1.29 is 4.79 Å². The Labute approximate surface area is 130 Å². The summed E-state index contributed by atoms with van der Waals surface area (Å²) in [6.45, 7) is 0.758. The minimum absolute atomic E-state index is 0.0894. The Morgan fingerprint density at radius 1 is 1.32 bits per heavy atom. The monoisotopic (exact) mass is 291 g/mol. The van der Waals surface area contributed by atoms with Gasteiger partial charge in [-0.15, -0.1) is 6.42 Å². The molecule has 1 aromatic carbocycles. The fourth-order valence-corrected chi connectivity index (χ4v) is 2.82. The number of amides is 2. The first kappa shape index (κ1) is 14.2. The maximum atomic E-state index is 12.5. The van der Waals surface area contributed by atoms with Gasteiger partial charge in [0.15, 0.2) is 0 Å². The molecule has 0 radical (unpaired) electrons. The van der Waals surface area contributed by atoms with Crippen LogP contribution in [0.5, 0.6) is 0 Å². The molecule has 2 heterocycles. The second kappa shape index (κ2) is 6.31. The molecule has 1 atom stereocenters. The third-order valence-corrected chi connectivity index (χ3v) is 3.89. The smallest absolute Gasteiger partial charge is 0.317 e. The Bertz CT molecular complexity index is 706. The molecule has 0 spiro atoms. The van der Waals surface area contributed by atoms with Crippen molar-refractivity contribution >= 4 is 11.7 Å². The summed E-state index contributed by atoms with van der Waals surface area (Å²) >= 11 is 0. The highest BCUT2D eigenvalue weighted by molar-refractivity contribution is 5.90. The van der Waals surface area contributed by atoms with E-state index in [0.717, 1.165) is 36.2 Å². The molecule has 2 amide bonds. The predicted molar refractivity (Wildman–Crippen MR) is 86.3 cm³/mol. The van der Waals surface area contributed by atoms with Gasteiger partial charge in [0, 0.05) is 30.2 Å². The van der Waals surface area contributed by atoms with Crippen LogP contribution in [0.1, 0.15) is 30.0 Å². The number of carbonyl (C=O) groups excluding carboxylic acids is 1. The number of nitrogens with one attached hydrogen (secondary N) is 1. The van der Waals surface area contributed by atoms with Crippen molar-refractivity contribution in [3.05, 3.63) is 59.9 Å². The van der Waals surface area contributed by atoms with Crippen LogP contribution in [0.25, 0.3) is 0 Å². The van der Waals surface area contributed by atoms with Crippen LogP contribution in [0.4, 0.5) is 10.5 Å². The molecule has 1 N–H and O–H groups in total. The number of pyridine rings is 1. The largest absolute Gasteiger partial charge is 0.322 e. The van der Waals surface area contributed by atoms with E-state index in [1.54, 1.807) is 18.5 Å². The first-order chi connectivity index (χ1) is 10.8. The topological polar surface area (TPSA) is 45.2 Å². The van der Waals surface area contributed by atoms with Gasteiger partial charge in [-0.1, -0.05) is 12.0 Å².